The third kappa shape index (κ3) is 4.76. The van der Waals surface area contributed by atoms with Crippen molar-refractivity contribution in [1.29, 1.82) is 0 Å². The minimum atomic E-state index is -3.18. The van der Waals surface area contributed by atoms with Crippen LogP contribution in [0.25, 0.3) is 0 Å². The molecule has 2 rings (SSSR count). The molecule has 0 amide bonds. The van der Waals surface area contributed by atoms with Gasteiger partial charge in [0, 0.05) is 23.0 Å². The topological polar surface area (TPSA) is 46.2 Å². The van der Waals surface area contributed by atoms with Gasteiger partial charge in [-0.3, -0.25) is 0 Å². The fourth-order valence-electron chi connectivity index (χ4n) is 2.13. The second kappa shape index (κ2) is 6.50. The van der Waals surface area contributed by atoms with Crippen molar-refractivity contribution in [2.24, 2.45) is 0 Å². The third-order valence-electron chi connectivity index (χ3n) is 3.13. The molecule has 0 saturated heterocycles. The molecule has 5 heteroatoms. The highest BCUT2D eigenvalue weighted by atomic mass is 35.5. The van der Waals surface area contributed by atoms with Crippen molar-refractivity contribution in [3.8, 4) is 0 Å². The zero-order valence-electron chi connectivity index (χ0n) is 12.0. The maximum Gasteiger partial charge on any atom is 0.175 e. The second-order valence-electron chi connectivity index (χ2n) is 5.18. The molecule has 0 spiro atoms. The Morgan fingerprint density at radius 1 is 1.14 bits per heavy atom. The largest absolute Gasteiger partial charge is 0.382 e. The second-order valence-corrected chi connectivity index (χ2v) is 7.63. The van der Waals surface area contributed by atoms with E-state index in [1.165, 1.54) is 11.8 Å². The van der Waals surface area contributed by atoms with Crippen LogP contribution >= 0.6 is 11.6 Å². The minimum Gasteiger partial charge on any atom is -0.382 e. The van der Waals surface area contributed by atoms with Crippen molar-refractivity contribution in [1.82, 2.24) is 0 Å². The van der Waals surface area contributed by atoms with Gasteiger partial charge in [0.1, 0.15) is 0 Å². The van der Waals surface area contributed by atoms with Crippen LogP contribution in [0, 0.1) is 0 Å². The van der Waals surface area contributed by atoms with E-state index in [1.54, 1.807) is 18.2 Å². The Morgan fingerprint density at radius 3 is 2.43 bits per heavy atom. The van der Waals surface area contributed by atoms with Crippen LogP contribution in [0.3, 0.4) is 0 Å². The molecule has 0 aliphatic rings. The first-order valence-corrected chi connectivity index (χ1v) is 8.92. The Balaban J connectivity index is 2.06. The molecule has 0 saturated carbocycles. The first-order chi connectivity index (χ1) is 9.84. The summed E-state index contributed by atoms with van der Waals surface area (Å²) < 4.78 is 23.1. The van der Waals surface area contributed by atoms with E-state index in [0.29, 0.717) is 4.90 Å². The molecule has 3 nitrogen and oxygen atoms in total. The van der Waals surface area contributed by atoms with Crippen molar-refractivity contribution in [2.75, 3.05) is 11.6 Å². The molecule has 21 heavy (non-hydrogen) atoms. The SMILES string of the molecule is CC(Cc1ccc(Cl)cc1)Nc1cccc(S(C)(=O)=O)c1. The molecule has 0 aliphatic heterocycles. The lowest BCUT2D eigenvalue weighted by molar-refractivity contribution is 0.602. The van der Waals surface area contributed by atoms with E-state index in [0.717, 1.165) is 17.1 Å². The lowest BCUT2D eigenvalue weighted by Gasteiger charge is -2.16. The van der Waals surface area contributed by atoms with Crippen LogP contribution in [0.5, 0.6) is 0 Å². The molecule has 0 aliphatic carbocycles. The van der Waals surface area contributed by atoms with Gasteiger partial charge in [-0.05, 0) is 49.2 Å². The number of anilines is 1. The summed E-state index contributed by atoms with van der Waals surface area (Å²) >= 11 is 5.87. The van der Waals surface area contributed by atoms with Gasteiger partial charge in [-0.2, -0.15) is 0 Å². The average molecular weight is 324 g/mol. The maximum absolute atomic E-state index is 11.6. The summed E-state index contributed by atoms with van der Waals surface area (Å²) in [6.07, 6.45) is 2.05. The van der Waals surface area contributed by atoms with Crippen LogP contribution in [0.1, 0.15) is 12.5 Å². The Hall–Kier alpha value is -1.52. The predicted molar refractivity (Wildman–Crippen MR) is 87.8 cm³/mol. The zero-order valence-corrected chi connectivity index (χ0v) is 13.6. The lowest BCUT2D eigenvalue weighted by Crippen LogP contribution is -2.18. The van der Waals surface area contributed by atoms with Gasteiger partial charge in [-0.25, -0.2) is 8.42 Å². The highest BCUT2D eigenvalue weighted by Crippen LogP contribution is 2.17. The van der Waals surface area contributed by atoms with Gasteiger partial charge in [-0.15, -0.1) is 0 Å². The van der Waals surface area contributed by atoms with E-state index in [9.17, 15) is 8.42 Å². The van der Waals surface area contributed by atoms with E-state index in [-0.39, 0.29) is 6.04 Å². The summed E-state index contributed by atoms with van der Waals surface area (Å²) in [5.41, 5.74) is 1.98. The Morgan fingerprint density at radius 2 is 1.81 bits per heavy atom. The molecule has 112 valence electrons. The highest BCUT2D eigenvalue weighted by molar-refractivity contribution is 7.90. The molecule has 1 unspecified atom stereocenters. The molecule has 1 N–H and O–H groups in total. The van der Waals surface area contributed by atoms with E-state index < -0.39 is 9.84 Å². The van der Waals surface area contributed by atoms with Crippen LogP contribution in [0.2, 0.25) is 5.02 Å². The summed E-state index contributed by atoms with van der Waals surface area (Å²) in [5.74, 6) is 0. The number of rotatable bonds is 5. The summed E-state index contributed by atoms with van der Waals surface area (Å²) in [5, 5.41) is 4.04. The molecule has 2 aromatic rings. The third-order valence-corrected chi connectivity index (χ3v) is 4.49. The number of hydrogen-bond acceptors (Lipinski definition) is 3. The number of nitrogens with one attached hydrogen (secondary N) is 1. The van der Waals surface area contributed by atoms with Crippen LogP contribution in [0.4, 0.5) is 5.69 Å². The molecule has 0 fully saturated rings. The number of benzene rings is 2. The number of hydrogen-bond donors (Lipinski definition) is 1. The maximum atomic E-state index is 11.6. The summed E-state index contributed by atoms with van der Waals surface area (Å²) in [6.45, 7) is 2.06. The Labute approximate surface area is 130 Å². The first-order valence-electron chi connectivity index (χ1n) is 6.66. The Bertz CT molecular complexity index is 711. The molecule has 0 bridgehead atoms. The summed E-state index contributed by atoms with van der Waals surface area (Å²) in [4.78, 5) is 0.325. The highest BCUT2D eigenvalue weighted by Gasteiger charge is 2.09. The van der Waals surface area contributed by atoms with Crippen molar-refractivity contribution in [3.05, 3.63) is 59.1 Å². The van der Waals surface area contributed by atoms with Crippen molar-refractivity contribution in [2.45, 2.75) is 24.3 Å². The quantitative estimate of drug-likeness (QED) is 0.910. The monoisotopic (exact) mass is 323 g/mol. The van der Waals surface area contributed by atoms with E-state index in [2.05, 4.69) is 12.2 Å². The standard InChI is InChI=1S/C16H18ClNO2S/c1-12(10-13-6-8-14(17)9-7-13)18-15-4-3-5-16(11-15)21(2,19)20/h3-9,11-12,18H,10H2,1-2H3. The van der Waals surface area contributed by atoms with Crippen LogP contribution < -0.4 is 5.32 Å². The van der Waals surface area contributed by atoms with Crippen LogP contribution in [0.15, 0.2) is 53.4 Å². The van der Waals surface area contributed by atoms with Crippen molar-refractivity contribution < 1.29 is 8.42 Å². The molecule has 0 radical (unpaired) electrons. The number of halogens is 1. The van der Waals surface area contributed by atoms with Gasteiger partial charge in [0.25, 0.3) is 0 Å². The van der Waals surface area contributed by atoms with Crippen LogP contribution in [-0.2, 0) is 16.3 Å². The predicted octanol–water partition coefficient (Wildman–Crippen LogP) is 3.79. The molecular weight excluding hydrogens is 306 g/mol. The minimum absolute atomic E-state index is 0.181. The molecular formula is C16H18ClNO2S. The normalized spacial score (nSPS) is 12.9. The summed E-state index contributed by atoms with van der Waals surface area (Å²) in [6, 6.07) is 14.8. The zero-order chi connectivity index (χ0) is 15.5. The number of sulfone groups is 1. The molecule has 1 atom stereocenters. The van der Waals surface area contributed by atoms with Crippen molar-refractivity contribution in [3.63, 3.8) is 0 Å². The summed E-state index contributed by atoms with van der Waals surface area (Å²) in [7, 11) is -3.18. The van der Waals surface area contributed by atoms with E-state index >= 15 is 0 Å². The van der Waals surface area contributed by atoms with E-state index in [4.69, 9.17) is 11.6 Å². The first kappa shape index (κ1) is 15.9. The lowest BCUT2D eigenvalue weighted by atomic mass is 10.1. The van der Waals surface area contributed by atoms with Gasteiger partial charge in [0.05, 0.1) is 4.90 Å². The molecule has 0 heterocycles. The Kier molecular flexibility index (Phi) is 4.91. The molecule has 0 aromatic heterocycles. The fraction of sp³-hybridized carbons (Fsp3) is 0.250. The van der Waals surface area contributed by atoms with Gasteiger partial charge in [0.2, 0.25) is 0 Å². The van der Waals surface area contributed by atoms with Gasteiger partial charge in [-0.1, -0.05) is 29.8 Å². The van der Waals surface area contributed by atoms with E-state index in [1.807, 2.05) is 30.3 Å². The van der Waals surface area contributed by atoms with Crippen LogP contribution in [-0.4, -0.2) is 20.7 Å². The average Bonchev–Trinajstić information content (AvgIpc) is 2.41. The fourth-order valence-corrected chi connectivity index (χ4v) is 2.92. The smallest absolute Gasteiger partial charge is 0.175 e. The molecule has 2 aromatic carbocycles. The van der Waals surface area contributed by atoms with Gasteiger partial charge in [0.15, 0.2) is 9.84 Å². The van der Waals surface area contributed by atoms with Gasteiger partial charge < -0.3 is 5.32 Å². The van der Waals surface area contributed by atoms with Crippen molar-refractivity contribution >= 4 is 27.1 Å². The van der Waals surface area contributed by atoms with Gasteiger partial charge >= 0.3 is 0 Å².